The predicted molar refractivity (Wildman–Crippen MR) is 84.8 cm³/mol. The minimum atomic E-state index is -0.234. The lowest BCUT2D eigenvalue weighted by Crippen LogP contribution is -2.11. The molecule has 0 unspecified atom stereocenters. The molecule has 1 amide bonds. The van der Waals surface area contributed by atoms with Gasteiger partial charge in [0.15, 0.2) is 0 Å². The number of amides is 1. The highest BCUT2D eigenvalue weighted by atomic mass is 35.5. The van der Waals surface area contributed by atoms with Crippen molar-refractivity contribution in [3.05, 3.63) is 65.2 Å². The number of benzene rings is 2. The van der Waals surface area contributed by atoms with Crippen molar-refractivity contribution in [1.82, 2.24) is 10.2 Å². The Morgan fingerprint density at radius 2 is 1.71 bits per heavy atom. The molecule has 0 aliphatic carbocycles. The predicted octanol–water partition coefficient (Wildman–Crippen LogP) is 4.11. The van der Waals surface area contributed by atoms with Crippen LogP contribution in [0.2, 0.25) is 5.02 Å². The van der Waals surface area contributed by atoms with Gasteiger partial charge in [-0.05, 0) is 24.3 Å². The van der Waals surface area contributed by atoms with Gasteiger partial charge in [0.25, 0.3) is 5.91 Å². The highest BCUT2D eigenvalue weighted by Crippen LogP contribution is 2.26. The molecule has 4 nitrogen and oxygen atoms in total. The number of anilines is 1. The summed E-state index contributed by atoms with van der Waals surface area (Å²) in [7, 11) is 0. The molecule has 1 heterocycles. The summed E-state index contributed by atoms with van der Waals surface area (Å²) >= 11 is 7.13. The van der Waals surface area contributed by atoms with E-state index in [9.17, 15) is 4.79 Å². The van der Waals surface area contributed by atoms with Crippen LogP contribution in [0.4, 0.5) is 5.13 Å². The Kier molecular flexibility index (Phi) is 3.94. The van der Waals surface area contributed by atoms with Crippen molar-refractivity contribution >= 4 is 34.0 Å². The van der Waals surface area contributed by atoms with Crippen LogP contribution in [0.25, 0.3) is 10.6 Å². The molecule has 0 radical (unpaired) electrons. The topological polar surface area (TPSA) is 54.9 Å². The molecule has 0 saturated heterocycles. The molecule has 104 valence electrons. The fourth-order valence-corrected chi connectivity index (χ4v) is 2.61. The molecule has 1 aromatic heterocycles. The van der Waals surface area contributed by atoms with E-state index in [4.69, 9.17) is 11.6 Å². The summed E-state index contributed by atoms with van der Waals surface area (Å²) in [6, 6.07) is 16.4. The third kappa shape index (κ3) is 3.26. The maximum Gasteiger partial charge on any atom is 0.257 e. The summed E-state index contributed by atoms with van der Waals surface area (Å²) in [6.45, 7) is 0. The van der Waals surface area contributed by atoms with Crippen molar-refractivity contribution in [1.29, 1.82) is 0 Å². The van der Waals surface area contributed by atoms with Gasteiger partial charge in [0, 0.05) is 16.1 Å². The van der Waals surface area contributed by atoms with Gasteiger partial charge in [-0.2, -0.15) is 0 Å². The number of nitrogens with zero attached hydrogens (tertiary/aromatic N) is 2. The lowest BCUT2D eigenvalue weighted by Gasteiger charge is -2.00. The first-order valence-electron chi connectivity index (χ1n) is 6.18. The number of aromatic nitrogens is 2. The molecule has 1 N–H and O–H groups in total. The van der Waals surface area contributed by atoms with Crippen LogP contribution in [-0.2, 0) is 0 Å². The van der Waals surface area contributed by atoms with Crippen LogP contribution in [0.1, 0.15) is 10.4 Å². The van der Waals surface area contributed by atoms with E-state index in [0.29, 0.717) is 15.7 Å². The number of halogens is 1. The number of carbonyl (C=O) groups is 1. The zero-order valence-electron chi connectivity index (χ0n) is 10.8. The zero-order chi connectivity index (χ0) is 14.7. The minimum absolute atomic E-state index is 0.234. The third-order valence-electron chi connectivity index (χ3n) is 2.77. The van der Waals surface area contributed by atoms with Gasteiger partial charge in [-0.3, -0.25) is 10.1 Å². The van der Waals surface area contributed by atoms with Gasteiger partial charge >= 0.3 is 0 Å². The first kappa shape index (κ1) is 13.7. The summed E-state index contributed by atoms with van der Waals surface area (Å²) in [6.07, 6.45) is 0. The second kappa shape index (κ2) is 6.03. The van der Waals surface area contributed by atoms with Crippen molar-refractivity contribution in [2.75, 3.05) is 5.32 Å². The fraction of sp³-hybridized carbons (Fsp3) is 0. The van der Waals surface area contributed by atoms with Crippen LogP contribution in [-0.4, -0.2) is 16.1 Å². The molecule has 6 heteroatoms. The lowest BCUT2D eigenvalue weighted by atomic mass is 10.2. The fourth-order valence-electron chi connectivity index (χ4n) is 1.74. The summed E-state index contributed by atoms with van der Waals surface area (Å²) in [5.74, 6) is -0.234. The maximum atomic E-state index is 12.1. The molecule has 0 spiro atoms. The average molecular weight is 316 g/mol. The van der Waals surface area contributed by atoms with E-state index in [2.05, 4.69) is 15.5 Å². The van der Waals surface area contributed by atoms with E-state index < -0.39 is 0 Å². The quantitative estimate of drug-likeness (QED) is 0.791. The monoisotopic (exact) mass is 315 g/mol. The van der Waals surface area contributed by atoms with E-state index in [1.54, 1.807) is 24.3 Å². The van der Waals surface area contributed by atoms with Crippen molar-refractivity contribution in [2.45, 2.75) is 0 Å². The Morgan fingerprint density at radius 3 is 2.43 bits per heavy atom. The highest BCUT2D eigenvalue weighted by Gasteiger charge is 2.11. The average Bonchev–Trinajstić information content (AvgIpc) is 2.97. The van der Waals surface area contributed by atoms with Crippen LogP contribution in [0, 0.1) is 0 Å². The number of carbonyl (C=O) groups excluding carboxylic acids is 1. The second-order valence-corrected chi connectivity index (χ2v) is 5.65. The Morgan fingerprint density at radius 1 is 1.00 bits per heavy atom. The first-order chi connectivity index (χ1) is 10.2. The van der Waals surface area contributed by atoms with Gasteiger partial charge in [0.1, 0.15) is 5.01 Å². The molecule has 0 saturated carbocycles. The number of hydrogen-bond donors (Lipinski definition) is 1. The van der Waals surface area contributed by atoms with E-state index in [-0.39, 0.29) is 5.91 Å². The van der Waals surface area contributed by atoms with Crippen molar-refractivity contribution in [3.8, 4) is 10.6 Å². The minimum Gasteiger partial charge on any atom is -0.296 e. The molecule has 0 aliphatic heterocycles. The molecule has 0 fully saturated rings. The third-order valence-corrected chi connectivity index (χ3v) is 3.91. The normalized spacial score (nSPS) is 10.3. The Hall–Kier alpha value is -2.24. The number of nitrogens with one attached hydrogen (secondary N) is 1. The van der Waals surface area contributed by atoms with E-state index >= 15 is 0 Å². The maximum absolute atomic E-state index is 12.1. The Balaban J connectivity index is 1.75. The van der Waals surface area contributed by atoms with Crippen LogP contribution in [0.5, 0.6) is 0 Å². The standard InChI is InChI=1S/C15H10ClN3OS/c16-12-8-6-10(7-9-12)13(20)17-15-19-18-14(21-15)11-4-2-1-3-5-11/h1-9H,(H,17,19,20). The van der Waals surface area contributed by atoms with Crippen molar-refractivity contribution in [3.63, 3.8) is 0 Å². The van der Waals surface area contributed by atoms with Gasteiger partial charge in [0.2, 0.25) is 5.13 Å². The summed E-state index contributed by atoms with van der Waals surface area (Å²) in [5, 5.41) is 12.6. The molecule has 3 aromatic rings. The molecule has 0 aliphatic rings. The largest absolute Gasteiger partial charge is 0.296 e. The smallest absolute Gasteiger partial charge is 0.257 e. The molecule has 2 aromatic carbocycles. The lowest BCUT2D eigenvalue weighted by molar-refractivity contribution is 0.102. The highest BCUT2D eigenvalue weighted by molar-refractivity contribution is 7.18. The number of rotatable bonds is 3. The van der Waals surface area contributed by atoms with Gasteiger partial charge in [0.05, 0.1) is 0 Å². The van der Waals surface area contributed by atoms with Crippen LogP contribution < -0.4 is 5.32 Å². The molecule has 3 rings (SSSR count). The summed E-state index contributed by atoms with van der Waals surface area (Å²) in [5.41, 5.74) is 1.50. The molecule has 0 bridgehead atoms. The van der Waals surface area contributed by atoms with Gasteiger partial charge in [-0.1, -0.05) is 53.3 Å². The first-order valence-corrected chi connectivity index (χ1v) is 7.38. The molecular formula is C15H10ClN3OS. The Bertz CT molecular complexity index is 756. The van der Waals surface area contributed by atoms with E-state index in [1.165, 1.54) is 11.3 Å². The second-order valence-electron chi connectivity index (χ2n) is 4.24. The van der Waals surface area contributed by atoms with Gasteiger partial charge in [-0.15, -0.1) is 10.2 Å². The van der Waals surface area contributed by atoms with Gasteiger partial charge in [-0.25, -0.2) is 0 Å². The zero-order valence-corrected chi connectivity index (χ0v) is 12.4. The molecule has 0 atom stereocenters. The van der Waals surface area contributed by atoms with E-state index in [1.807, 2.05) is 30.3 Å². The van der Waals surface area contributed by atoms with Gasteiger partial charge < -0.3 is 0 Å². The van der Waals surface area contributed by atoms with E-state index in [0.717, 1.165) is 10.6 Å². The van der Waals surface area contributed by atoms with Crippen LogP contribution >= 0.6 is 22.9 Å². The molecular weight excluding hydrogens is 306 g/mol. The SMILES string of the molecule is O=C(Nc1nnc(-c2ccccc2)s1)c1ccc(Cl)cc1. The summed E-state index contributed by atoms with van der Waals surface area (Å²) < 4.78 is 0. The summed E-state index contributed by atoms with van der Waals surface area (Å²) in [4.78, 5) is 12.1. The molecule has 21 heavy (non-hydrogen) atoms. The van der Waals surface area contributed by atoms with Crippen LogP contribution in [0.3, 0.4) is 0 Å². The van der Waals surface area contributed by atoms with Crippen LogP contribution in [0.15, 0.2) is 54.6 Å². The number of hydrogen-bond acceptors (Lipinski definition) is 4. The van der Waals surface area contributed by atoms with Crippen molar-refractivity contribution < 1.29 is 4.79 Å². The van der Waals surface area contributed by atoms with Crippen molar-refractivity contribution in [2.24, 2.45) is 0 Å². The Labute approximate surface area is 130 Å².